The summed E-state index contributed by atoms with van der Waals surface area (Å²) in [5.41, 5.74) is 0.988. The van der Waals surface area contributed by atoms with Crippen molar-refractivity contribution in [3.63, 3.8) is 0 Å². The first kappa shape index (κ1) is 34.7. The van der Waals surface area contributed by atoms with Crippen LogP contribution in [0.25, 0.3) is 0 Å². The Morgan fingerprint density at radius 1 is 0.892 bits per heavy atom. The lowest BCUT2D eigenvalue weighted by Crippen LogP contribution is -2.29. The number of hydrogen-bond donors (Lipinski definition) is 3. The Labute approximate surface area is 238 Å². The van der Waals surface area contributed by atoms with Crippen molar-refractivity contribution in [3.8, 4) is 0 Å². The quantitative estimate of drug-likeness (QED) is 0.0890. The number of nitrogens with one attached hydrogen (secondary N) is 3. The average Bonchev–Trinajstić information content (AvgIpc) is 2.86. The van der Waals surface area contributed by atoms with E-state index in [1.807, 2.05) is 30.5 Å². The van der Waals surface area contributed by atoms with Gasteiger partial charge in [0.1, 0.15) is 5.94 Å². The number of benzene rings is 1. The predicted octanol–water partition coefficient (Wildman–Crippen LogP) is 3.10. The molecule has 0 heterocycles. The number of rotatable bonds is 25. The maximum absolute atomic E-state index is 12.1. The molecule has 0 spiro atoms. The summed E-state index contributed by atoms with van der Waals surface area (Å²) >= 11 is 5.09. The molecule has 1 rings (SSSR count). The third-order valence-corrected chi connectivity index (χ3v) is 7.74. The van der Waals surface area contributed by atoms with Gasteiger partial charge >= 0.3 is 0 Å². The van der Waals surface area contributed by atoms with Gasteiger partial charge in [0, 0.05) is 37.2 Å². The summed E-state index contributed by atoms with van der Waals surface area (Å²) in [6.07, 6.45) is 4.48. The molecule has 0 aliphatic rings. The lowest BCUT2D eigenvalue weighted by atomic mass is 10.1. The average molecular weight is 596 g/mol. The smallest absolute Gasteiger partial charge is 0.224 e. The van der Waals surface area contributed by atoms with E-state index >= 15 is 0 Å². The Bertz CT molecular complexity index is 714. The van der Waals surface area contributed by atoms with Crippen LogP contribution in [-0.4, -0.2) is 90.0 Å². The Morgan fingerprint density at radius 3 is 2.19 bits per heavy atom. The fraction of sp³-hybridized carbons (Fsp3) is 0.720. The first-order valence-electron chi connectivity index (χ1n) is 12.7. The number of unbranched alkanes of at least 4 members (excludes halogenated alkanes) is 1. The van der Waals surface area contributed by atoms with Crippen molar-refractivity contribution in [2.75, 3.05) is 78.1 Å². The van der Waals surface area contributed by atoms with E-state index in [2.05, 4.69) is 29.2 Å². The molecule has 0 saturated carbocycles. The van der Waals surface area contributed by atoms with E-state index in [4.69, 9.17) is 30.1 Å². The van der Waals surface area contributed by atoms with Crippen LogP contribution in [0, 0.1) is 0 Å². The molecular formula is C25H45N3O5S4. The largest absolute Gasteiger partial charge is 0.378 e. The minimum atomic E-state index is -0.109. The standard InChI is InChI=1S/C25H45N3O5S4/c1-22(2)26-11-14-30-16-18-32-19-17-31-15-12-27-25(29)20-23-6-8-24(9-7-23)36-35-21-33-13-5-4-10-28-37(3)34/h6-9,22,26,28H,4-5,10-21H2,1-3H3,(H,27,29). The molecule has 0 saturated heterocycles. The zero-order chi connectivity index (χ0) is 27.0. The molecule has 3 N–H and O–H groups in total. The first-order valence-corrected chi connectivity index (χ1v) is 17.6. The highest BCUT2D eigenvalue weighted by atomic mass is 33.1. The summed E-state index contributed by atoms with van der Waals surface area (Å²) in [6, 6.07) is 8.55. The molecule has 0 aliphatic carbocycles. The van der Waals surface area contributed by atoms with E-state index in [-0.39, 0.29) is 15.5 Å². The molecule has 12 heteroatoms. The van der Waals surface area contributed by atoms with Crippen LogP contribution in [0.5, 0.6) is 0 Å². The second kappa shape index (κ2) is 24.7. The van der Waals surface area contributed by atoms with Gasteiger partial charge in [0.25, 0.3) is 0 Å². The van der Waals surface area contributed by atoms with Crippen LogP contribution in [0.4, 0.5) is 0 Å². The van der Waals surface area contributed by atoms with Gasteiger partial charge < -0.3 is 29.6 Å². The first-order chi connectivity index (χ1) is 18.0. The highest BCUT2D eigenvalue weighted by Crippen LogP contribution is 2.31. The van der Waals surface area contributed by atoms with Gasteiger partial charge in [-0.2, -0.15) is 0 Å². The van der Waals surface area contributed by atoms with Crippen LogP contribution in [0.15, 0.2) is 29.2 Å². The SMILES string of the molecule is CC(C)NCCOCCOCCOCCNC(=O)Cc1ccc(SSCOCCCCNS(C)=S)cc1. The molecular weight excluding hydrogens is 551 g/mol. The molecule has 37 heavy (non-hydrogen) atoms. The maximum Gasteiger partial charge on any atom is 0.224 e. The predicted molar refractivity (Wildman–Crippen MR) is 161 cm³/mol. The molecule has 0 aliphatic heterocycles. The number of carbonyl (C=O) groups is 1. The normalized spacial score (nSPS) is 12.2. The molecule has 0 bridgehead atoms. The topological polar surface area (TPSA) is 90.1 Å². The number of carbonyl (C=O) groups excluding carboxylic acids is 1. The molecule has 0 fully saturated rings. The third kappa shape index (κ3) is 23.3. The molecule has 1 unspecified atom stereocenters. The van der Waals surface area contributed by atoms with Gasteiger partial charge in [0.15, 0.2) is 0 Å². The number of hydrogen-bond acceptors (Lipinski definition) is 9. The zero-order valence-corrected chi connectivity index (χ0v) is 25.7. The van der Waals surface area contributed by atoms with E-state index in [0.29, 0.717) is 64.6 Å². The summed E-state index contributed by atoms with van der Waals surface area (Å²) in [4.78, 5) is 13.3. The number of amides is 1. The molecule has 1 amide bonds. The minimum Gasteiger partial charge on any atom is -0.378 e. The fourth-order valence-corrected chi connectivity index (χ4v) is 5.25. The molecule has 0 aromatic heterocycles. The summed E-state index contributed by atoms with van der Waals surface area (Å²) < 4.78 is 25.3. The van der Waals surface area contributed by atoms with E-state index in [1.54, 1.807) is 21.6 Å². The van der Waals surface area contributed by atoms with Crippen LogP contribution in [0.2, 0.25) is 0 Å². The fourth-order valence-electron chi connectivity index (χ4n) is 2.87. The second-order valence-electron chi connectivity index (χ2n) is 8.40. The summed E-state index contributed by atoms with van der Waals surface area (Å²) in [6.45, 7) is 10.6. The van der Waals surface area contributed by atoms with Crippen LogP contribution in [0.1, 0.15) is 32.3 Å². The zero-order valence-electron chi connectivity index (χ0n) is 22.5. The Balaban J connectivity index is 1.94. The highest BCUT2D eigenvalue weighted by molar-refractivity contribution is 8.76. The Morgan fingerprint density at radius 2 is 1.54 bits per heavy atom. The lowest BCUT2D eigenvalue weighted by molar-refractivity contribution is -0.120. The van der Waals surface area contributed by atoms with Crippen LogP contribution >= 0.6 is 21.6 Å². The number of ether oxygens (including phenoxy) is 4. The van der Waals surface area contributed by atoms with E-state index in [0.717, 1.165) is 43.0 Å². The van der Waals surface area contributed by atoms with Crippen LogP contribution in [-0.2, 0) is 51.0 Å². The van der Waals surface area contributed by atoms with Crippen molar-refractivity contribution >= 4 is 48.3 Å². The van der Waals surface area contributed by atoms with Gasteiger partial charge in [-0.15, -0.1) is 0 Å². The van der Waals surface area contributed by atoms with Gasteiger partial charge in [-0.3, -0.25) is 9.52 Å². The van der Waals surface area contributed by atoms with Crippen molar-refractivity contribution in [3.05, 3.63) is 29.8 Å². The van der Waals surface area contributed by atoms with E-state index in [9.17, 15) is 4.79 Å². The molecule has 1 aromatic carbocycles. The molecule has 214 valence electrons. The Kier molecular flexibility index (Phi) is 23.2. The molecule has 1 aromatic rings. The molecule has 1 atom stereocenters. The highest BCUT2D eigenvalue weighted by Gasteiger charge is 2.04. The van der Waals surface area contributed by atoms with E-state index in [1.165, 1.54) is 0 Å². The van der Waals surface area contributed by atoms with Crippen molar-refractivity contribution in [2.45, 2.75) is 44.0 Å². The lowest BCUT2D eigenvalue weighted by Gasteiger charge is -2.09. The van der Waals surface area contributed by atoms with Gasteiger partial charge in [-0.05, 0) is 48.0 Å². The second-order valence-corrected chi connectivity index (χ2v) is 13.4. The van der Waals surface area contributed by atoms with Crippen LogP contribution in [0.3, 0.4) is 0 Å². The Hall–Kier alpha value is -0.280. The monoisotopic (exact) mass is 595 g/mol. The van der Waals surface area contributed by atoms with Gasteiger partial charge in [-0.1, -0.05) is 57.2 Å². The van der Waals surface area contributed by atoms with Crippen LogP contribution < -0.4 is 15.4 Å². The van der Waals surface area contributed by atoms with Gasteiger partial charge in [-0.25, -0.2) is 0 Å². The van der Waals surface area contributed by atoms with Gasteiger partial charge in [0.05, 0.1) is 46.1 Å². The third-order valence-electron chi connectivity index (χ3n) is 4.71. The van der Waals surface area contributed by atoms with Crippen molar-refractivity contribution in [1.29, 1.82) is 0 Å². The van der Waals surface area contributed by atoms with Crippen molar-refractivity contribution < 1.29 is 23.7 Å². The summed E-state index contributed by atoms with van der Waals surface area (Å²) in [5.74, 6) is 0.644. The van der Waals surface area contributed by atoms with E-state index < -0.39 is 0 Å². The molecule has 0 radical (unpaired) electrons. The summed E-state index contributed by atoms with van der Waals surface area (Å²) in [5, 5.41) is 6.18. The minimum absolute atomic E-state index is 0.00929. The maximum atomic E-state index is 12.1. The molecule has 8 nitrogen and oxygen atoms in total. The van der Waals surface area contributed by atoms with Gasteiger partial charge in [0.2, 0.25) is 5.91 Å². The van der Waals surface area contributed by atoms with Crippen molar-refractivity contribution in [1.82, 2.24) is 15.4 Å². The van der Waals surface area contributed by atoms with Crippen molar-refractivity contribution in [2.24, 2.45) is 0 Å². The summed E-state index contributed by atoms with van der Waals surface area (Å²) in [7, 11) is 3.25.